The Morgan fingerprint density at radius 1 is 0.682 bits per heavy atom. The van der Waals surface area contributed by atoms with Gasteiger partial charge in [-0.05, 0) is 94.7 Å². The summed E-state index contributed by atoms with van der Waals surface area (Å²) in [4.78, 5) is 9.13. The highest BCUT2D eigenvalue weighted by Gasteiger charge is 2.25. The normalized spacial score (nSPS) is 18.8. The van der Waals surface area contributed by atoms with Crippen LogP contribution in [-0.4, -0.2) is 81.8 Å². The van der Waals surface area contributed by atoms with Crippen molar-refractivity contribution in [3.05, 3.63) is 71.4 Å². The van der Waals surface area contributed by atoms with Crippen molar-refractivity contribution in [1.82, 2.24) is 20.4 Å². The van der Waals surface area contributed by atoms with Crippen LogP contribution in [0, 0.1) is 0 Å². The molecule has 0 atom stereocenters. The van der Waals surface area contributed by atoms with E-state index in [1.165, 1.54) is 110 Å². The Labute approximate surface area is 269 Å². The van der Waals surface area contributed by atoms with Gasteiger partial charge in [0.2, 0.25) is 5.52 Å². The van der Waals surface area contributed by atoms with Gasteiger partial charge in [-0.2, -0.15) is 4.57 Å². The number of piperidine rings is 2. The molecular weight excluding hydrogens is 561 g/mol. The number of likely N-dealkylation sites (tertiary alicyclic amines) is 2. The van der Waals surface area contributed by atoms with Crippen molar-refractivity contribution in [3.63, 3.8) is 0 Å². The van der Waals surface area contributed by atoms with Crippen molar-refractivity contribution in [3.8, 4) is 0 Å². The molecule has 0 aliphatic carbocycles. The van der Waals surface area contributed by atoms with Crippen LogP contribution in [0.25, 0.3) is 17.0 Å². The molecule has 6 rings (SSSR count). The highest BCUT2D eigenvalue weighted by molar-refractivity contribution is 8.03. The molecule has 0 saturated carbocycles. The zero-order valence-corrected chi connectivity index (χ0v) is 27.5. The number of nitrogens with zero attached hydrogens (tertiary/aromatic N) is 4. The molecule has 2 N–H and O–H groups in total. The van der Waals surface area contributed by atoms with Crippen LogP contribution in [0.4, 0.5) is 5.69 Å². The largest absolute Gasteiger partial charge is 0.335 e. The zero-order chi connectivity index (χ0) is 29.8. The SMILES string of the molecule is C(=C1/Sc2ccccc2N1CCCNCCN1CCCCC1)/c1cc[n+](CCCNCCN2CCCCC2)c2ccccc12. The van der Waals surface area contributed by atoms with E-state index >= 15 is 0 Å². The molecule has 2 aromatic carbocycles. The number of anilines is 1. The maximum atomic E-state index is 3.71. The van der Waals surface area contributed by atoms with E-state index in [1.807, 2.05) is 11.8 Å². The number of pyridine rings is 1. The maximum absolute atomic E-state index is 3.71. The van der Waals surface area contributed by atoms with E-state index in [-0.39, 0.29) is 0 Å². The number of para-hydroxylation sites is 2. The van der Waals surface area contributed by atoms with Gasteiger partial charge < -0.3 is 25.3 Å². The summed E-state index contributed by atoms with van der Waals surface area (Å²) >= 11 is 1.91. The Hall–Kier alpha value is -2.42. The van der Waals surface area contributed by atoms with Crippen LogP contribution in [0.15, 0.2) is 70.7 Å². The Kier molecular flexibility index (Phi) is 12.0. The van der Waals surface area contributed by atoms with Crippen LogP contribution in [0.2, 0.25) is 0 Å². The van der Waals surface area contributed by atoms with Crippen LogP contribution in [0.5, 0.6) is 0 Å². The molecule has 44 heavy (non-hydrogen) atoms. The number of hydrogen-bond acceptors (Lipinski definition) is 6. The lowest BCUT2D eigenvalue weighted by molar-refractivity contribution is -0.671. The smallest absolute Gasteiger partial charge is 0.213 e. The predicted molar refractivity (Wildman–Crippen MR) is 187 cm³/mol. The third-order valence-corrected chi connectivity index (χ3v) is 10.6. The second-order valence-electron chi connectivity index (χ2n) is 12.7. The zero-order valence-electron chi connectivity index (χ0n) is 26.7. The molecule has 3 aliphatic heterocycles. The molecule has 0 spiro atoms. The molecule has 0 radical (unpaired) electrons. The number of rotatable bonds is 15. The number of benzene rings is 2. The van der Waals surface area contributed by atoms with E-state index in [4.69, 9.17) is 0 Å². The summed E-state index contributed by atoms with van der Waals surface area (Å²) in [6.45, 7) is 13.9. The quantitative estimate of drug-likeness (QED) is 0.163. The molecule has 3 aliphatic rings. The summed E-state index contributed by atoms with van der Waals surface area (Å²) in [5, 5.41) is 10.1. The second-order valence-corrected chi connectivity index (χ2v) is 13.8. The first-order valence-electron chi connectivity index (χ1n) is 17.4. The van der Waals surface area contributed by atoms with Crippen molar-refractivity contribution in [1.29, 1.82) is 0 Å². The lowest BCUT2D eigenvalue weighted by Crippen LogP contribution is -2.38. The second kappa shape index (κ2) is 16.8. The van der Waals surface area contributed by atoms with Gasteiger partial charge in [0, 0.05) is 62.7 Å². The third-order valence-electron chi connectivity index (χ3n) is 9.47. The molecule has 236 valence electrons. The average Bonchev–Trinajstić information content (AvgIpc) is 3.42. The summed E-state index contributed by atoms with van der Waals surface area (Å²) in [5.74, 6) is 0. The van der Waals surface area contributed by atoms with Crippen molar-refractivity contribution in [2.45, 2.75) is 62.8 Å². The van der Waals surface area contributed by atoms with Crippen LogP contribution >= 0.6 is 11.8 Å². The number of nitrogens with one attached hydrogen (secondary N) is 2. The van der Waals surface area contributed by atoms with Crippen molar-refractivity contribution in [2.24, 2.45) is 0 Å². The fraction of sp³-hybridized carbons (Fsp3) is 0.541. The van der Waals surface area contributed by atoms with Gasteiger partial charge in [-0.3, -0.25) is 0 Å². The van der Waals surface area contributed by atoms with Crippen molar-refractivity contribution in [2.75, 3.05) is 76.9 Å². The van der Waals surface area contributed by atoms with Crippen molar-refractivity contribution >= 4 is 34.4 Å². The third kappa shape index (κ3) is 8.64. The molecule has 0 bridgehead atoms. The summed E-state index contributed by atoms with van der Waals surface area (Å²) < 4.78 is 2.44. The minimum atomic E-state index is 1.03. The molecule has 4 heterocycles. The van der Waals surface area contributed by atoms with Gasteiger partial charge in [-0.15, -0.1) is 0 Å². The molecular formula is C37H53N6S+. The fourth-order valence-electron chi connectivity index (χ4n) is 6.98. The molecule has 6 nitrogen and oxygen atoms in total. The van der Waals surface area contributed by atoms with Crippen LogP contribution < -0.4 is 20.1 Å². The molecule has 1 aromatic heterocycles. The molecule has 7 heteroatoms. The highest BCUT2D eigenvalue weighted by Crippen LogP contribution is 2.46. The minimum absolute atomic E-state index is 1.03. The number of aromatic nitrogens is 1. The molecule has 3 aromatic rings. The van der Waals surface area contributed by atoms with Gasteiger partial charge in [-0.1, -0.05) is 48.9 Å². The predicted octanol–water partition coefficient (Wildman–Crippen LogP) is 5.97. The molecule has 2 fully saturated rings. The standard InChI is InChI=1S/C37H53N6S/c1-7-22-40(23-8-1)29-20-38-18-11-26-42-28-17-32(33-13-3-4-14-34(33)42)31-37-43(35-15-5-6-16-36(35)44-37)27-12-19-39-21-30-41-24-9-2-10-25-41/h3-6,13-17,28,31,38-39H,1-2,7-12,18-27,29-30H2/q+1. The summed E-state index contributed by atoms with van der Waals surface area (Å²) in [5.41, 5.74) is 3.97. The summed E-state index contributed by atoms with van der Waals surface area (Å²) in [7, 11) is 0. The monoisotopic (exact) mass is 613 g/mol. The van der Waals surface area contributed by atoms with E-state index in [0.29, 0.717) is 0 Å². The molecule has 2 saturated heterocycles. The first kappa shape index (κ1) is 31.6. The first-order valence-corrected chi connectivity index (χ1v) is 18.2. The Bertz CT molecular complexity index is 1350. The van der Waals surface area contributed by atoms with Gasteiger partial charge in [0.05, 0.1) is 16.1 Å². The van der Waals surface area contributed by atoms with E-state index in [1.54, 1.807) is 0 Å². The molecule has 0 amide bonds. The Morgan fingerprint density at radius 2 is 1.34 bits per heavy atom. The lowest BCUT2D eigenvalue weighted by Gasteiger charge is -2.26. The Balaban J connectivity index is 1.05. The Morgan fingerprint density at radius 3 is 2.09 bits per heavy atom. The van der Waals surface area contributed by atoms with Crippen LogP contribution in [0.3, 0.4) is 0 Å². The van der Waals surface area contributed by atoms with Crippen LogP contribution in [0.1, 0.15) is 56.9 Å². The van der Waals surface area contributed by atoms with Gasteiger partial charge in [0.25, 0.3) is 0 Å². The topological polar surface area (TPSA) is 37.7 Å². The molecule has 0 unspecified atom stereocenters. The number of fused-ring (bicyclic) bond motifs is 2. The van der Waals surface area contributed by atoms with E-state index in [0.717, 1.165) is 52.1 Å². The van der Waals surface area contributed by atoms with E-state index in [9.17, 15) is 0 Å². The van der Waals surface area contributed by atoms with Gasteiger partial charge >= 0.3 is 0 Å². The first-order chi connectivity index (χ1) is 21.8. The van der Waals surface area contributed by atoms with Crippen LogP contribution in [-0.2, 0) is 6.54 Å². The van der Waals surface area contributed by atoms with Gasteiger partial charge in [0.1, 0.15) is 6.54 Å². The van der Waals surface area contributed by atoms with E-state index < -0.39 is 0 Å². The van der Waals surface area contributed by atoms with Gasteiger partial charge in [0.15, 0.2) is 6.20 Å². The number of thioether (sulfide) groups is 1. The summed E-state index contributed by atoms with van der Waals surface area (Å²) in [6.07, 6.45) is 15.3. The number of hydrogen-bond donors (Lipinski definition) is 2. The van der Waals surface area contributed by atoms with E-state index in [2.05, 4.69) is 96.8 Å². The van der Waals surface area contributed by atoms with Gasteiger partial charge in [-0.25, -0.2) is 0 Å². The fourth-order valence-corrected chi connectivity index (χ4v) is 8.12. The number of aryl methyl sites for hydroxylation is 1. The lowest BCUT2D eigenvalue weighted by atomic mass is 10.1. The average molecular weight is 614 g/mol. The van der Waals surface area contributed by atoms with Crippen molar-refractivity contribution < 1.29 is 4.57 Å². The maximum Gasteiger partial charge on any atom is 0.213 e. The highest BCUT2D eigenvalue weighted by atomic mass is 32.2. The summed E-state index contributed by atoms with van der Waals surface area (Å²) in [6, 6.07) is 20.1. The minimum Gasteiger partial charge on any atom is -0.335 e.